The van der Waals surface area contributed by atoms with Crippen molar-refractivity contribution in [3.63, 3.8) is 0 Å². The van der Waals surface area contributed by atoms with Crippen LogP contribution in [0.4, 0.5) is 0 Å². The van der Waals surface area contributed by atoms with Gasteiger partial charge in [-0.3, -0.25) is 0 Å². The number of nitrogens with zero attached hydrogens (tertiary/aromatic N) is 1. The number of hydrogen-bond donors (Lipinski definition) is 0. The Kier molecular flexibility index (Phi) is 3.13. The third-order valence-corrected chi connectivity index (χ3v) is 2.19. The maximum Gasteiger partial charge on any atom is 0.354 e. The zero-order valence-corrected chi connectivity index (χ0v) is 9.16. The van der Waals surface area contributed by atoms with Gasteiger partial charge >= 0.3 is 5.97 Å². The van der Waals surface area contributed by atoms with Crippen LogP contribution < -0.4 is 0 Å². The van der Waals surface area contributed by atoms with Crippen molar-refractivity contribution in [2.75, 3.05) is 7.11 Å². The third kappa shape index (κ3) is 1.80. The highest BCUT2D eigenvalue weighted by molar-refractivity contribution is 14.1. The summed E-state index contributed by atoms with van der Waals surface area (Å²) in [5, 5.41) is 0. The van der Waals surface area contributed by atoms with Gasteiger partial charge in [0.1, 0.15) is 5.69 Å². The lowest BCUT2D eigenvalue weighted by Crippen LogP contribution is -2.08. The lowest BCUT2D eigenvalue weighted by Gasteiger charge is -2.02. The summed E-state index contributed by atoms with van der Waals surface area (Å²) in [6, 6.07) is 1.82. The van der Waals surface area contributed by atoms with E-state index in [4.69, 9.17) is 0 Å². The summed E-state index contributed by atoms with van der Waals surface area (Å²) in [7, 11) is 1.39. The Morgan fingerprint density at radius 2 is 2.42 bits per heavy atom. The fourth-order valence-electron chi connectivity index (χ4n) is 1.01. The lowest BCUT2D eigenvalue weighted by molar-refractivity contribution is 0.0588. The normalized spacial score (nSPS) is 9.92. The molecule has 1 heterocycles. The van der Waals surface area contributed by atoms with Gasteiger partial charge in [-0.1, -0.05) is 0 Å². The maximum atomic E-state index is 11.2. The van der Waals surface area contributed by atoms with Gasteiger partial charge in [0.05, 0.1) is 7.11 Å². The van der Waals surface area contributed by atoms with Crippen LogP contribution in [0.2, 0.25) is 0 Å². The predicted octanol–water partition coefficient (Wildman–Crippen LogP) is 1.90. The van der Waals surface area contributed by atoms with Gasteiger partial charge in [-0.25, -0.2) is 4.79 Å². The molecular weight excluding hydrogens is 269 g/mol. The minimum atomic E-state index is -0.278. The second-order valence-corrected chi connectivity index (χ2v) is 3.57. The first-order valence-electron chi connectivity index (χ1n) is 3.63. The van der Waals surface area contributed by atoms with E-state index in [9.17, 15) is 4.79 Å². The van der Waals surface area contributed by atoms with Crippen LogP contribution in [-0.4, -0.2) is 17.6 Å². The van der Waals surface area contributed by atoms with Crippen molar-refractivity contribution in [3.05, 3.63) is 21.5 Å². The Labute approximate surface area is 84.8 Å². The van der Waals surface area contributed by atoms with Gasteiger partial charge in [0.25, 0.3) is 0 Å². The molecule has 0 bridgehead atoms. The van der Waals surface area contributed by atoms with Gasteiger partial charge in [0.2, 0.25) is 0 Å². The van der Waals surface area contributed by atoms with E-state index in [2.05, 4.69) is 27.3 Å². The average molecular weight is 279 g/mol. The van der Waals surface area contributed by atoms with Crippen LogP contribution in [0.3, 0.4) is 0 Å². The molecule has 0 fully saturated rings. The molecular formula is C8H10INO2. The zero-order chi connectivity index (χ0) is 9.14. The molecule has 0 amide bonds. The quantitative estimate of drug-likeness (QED) is 0.611. The molecule has 4 heteroatoms. The molecule has 0 radical (unpaired) electrons. The summed E-state index contributed by atoms with van der Waals surface area (Å²) >= 11 is 2.17. The summed E-state index contributed by atoms with van der Waals surface area (Å²) in [6.45, 7) is 2.77. The zero-order valence-electron chi connectivity index (χ0n) is 7.00. The van der Waals surface area contributed by atoms with E-state index >= 15 is 0 Å². The summed E-state index contributed by atoms with van der Waals surface area (Å²) < 4.78 is 7.55. The molecule has 66 valence electrons. The summed E-state index contributed by atoms with van der Waals surface area (Å²) in [5.74, 6) is -0.278. The van der Waals surface area contributed by atoms with Gasteiger partial charge in [-0.2, -0.15) is 0 Å². The number of methoxy groups -OCH3 is 1. The number of carbonyl (C=O) groups is 1. The maximum absolute atomic E-state index is 11.2. The van der Waals surface area contributed by atoms with Gasteiger partial charge in [-0.15, -0.1) is 0 Å². The SMILES string of the molecule is CCn1cc(I)cc1C(=O)OC. The minimum absolute atomic E-state index is 0.278. The van der Waals surface area contributed by atoms with E-state index in [0.717, 1.165) is 10.1 Å². The Balaban J connectivity index is 3.04. The van der Waals surface area contributed by atoms with Crippen molar-refractivity contribution in [2.45, 2.75) is 13.5 Å². The molecule has 0 saturated carbocycles. The van der Waals surface area contributed by atoms with Crippen LogP contribution in [0.1, 0.15) is 17.4 Å². The molecule has 1 aromatic rings. The standard InChI is InChI=1S/C8H10INO2/c1-3-10-5-6(9)4-7(10)8(11)12-2/h4-5H,3H2,1-2H3. The molecule has 3 nitrogen and oxygen atoms in total. The highest BCUT2D eigenvalue weighted by atomic mass is 127. The highest BCUT2D eigenvalue weighted by Crippen LogP contribution is 2.11. The number of rotatable bonds is 2. The van der Waals surface area contributed by atoms with Crippen molar-refractivity contribution in [1.82, 2.24) is 4.57 Å². The smallest absolute Gasteiger partial charge is 0.354 e. The Morgan fingerprint density at radius 3 is 2.92 bits per heavy atom. The van der Waals surface area contributed by atoms with Crippen molar-refractivity contribution in [1.29, 1.82) is 0 Å². The number of halogens is 1. The van der Waals surface area contributed by atoms with Crippen LogP contribution in [-0.2, 0) is 11.3 Å². The van der Waals surface area contributed by atoms with E-state index in [1.807, 2.05) is 23.8 Å². The van der Waals surface area contributed by atoms with E-state index in [-0.39, 0.29) is 5.97 Å². The van der Waals surface area contributed by atoms with E-state index in [1.165, 1.54) is 7.11 Å². The summed E-state index contributed by atoms with van der Waals surface area (Å²) in [6.07, 6.45) is 1.92. The van der Waals surface area contributed by atoms with E-state index in [0.29, 0.717) is 5.69 Å². The predicted molar refractivity (Wildman–Crippen MR) is 54.2 cm³/mol. The molecule has 0 aromatic carbocycles. The monoisotopic (exact) mass is 279 g/mol. The Bertz CT molecular complexity index is 293. The molecule has 0 N–H and O–H groups in total. The van der Waals surface area contributed by atoms with Crippen LogP contribution in [0, 0.1) is 3.57 Å². The van der Waals surface area contributed by atoms with Gasteiger partial charge < -0.3 is 9.30 Å². The number of carbonyl (C=O) groups excluding carboxylic acids is 1. The van der Waals surface area contributed by atoms with Crippen molar-refractivity contribution in [2.24, 2.45) is 0 Å². The second-order valence-electron chi connectivity index (χ2n) is 2.32. The van der Waals surface area contributed by atoms with Crippen molar-refractivity contribution in [3.8, 4) is 0 Å². The van der Waals surface area contributed by atoms with Crippen LogP contribution in [0.5, 0.6) is 0 Å². The number of aromatic nitrogens is 1. The lowest BCUT2D eigenvalue weighted by atomic mass is 10.4. The van der Waals surface area contributed by atoms with E-state index in [1.54, 1.807) is 0 Å². The molecule has 0 aliphatic heterocycles. The minimum Gasteiger partial charge on any atom is -0.464 e. The molecule has 0 unspecified atom stereocenters. The second kappa shape index (κ2) is 3.93. The number of aryl methyl sites for hydroxylation is 1. The first kappa shape index (κ1) is 9.57. The fraction of sp³-hybridized carbons (Fsp3) is 0.375. The molecule has 12 heavy (non-hydrogen) atoms. The Hall–Kier alpha value is -0.520. The highest BCUT2D eigenvalue weighted by Gasteiger charge is 2.11. The molecule has 1 aromatic heterocycles. The first-order chi connectivity index (χ1) is 5.69. The van der Waals surface area contributed by atoms with Gasteiger partial charge in [-0.05, 0) is 35.6 Å². The molecule has 0 atom stereocenters. The molecule has 0 saturated heterocycles. The Morgan fingerprint density at radius 1 is 1.75 bits per heavy atom. The van der Waals surface area contributed by atoms with Gasteiger partial charge in [0.15, 0.2) is 0 Å². The molecule has 0 spiro atoms. The summed E-state index contributed by atoms with van der Waals surface area (Å²) in [5.41, 5.74) is 0.615. The van der Waals surface area contributed by atoms with Crippen molar-refractivity contribution < 1.29 is 9.53 Å². The molecule has 1 rings (SSSR count). The van der Waals surface area contributed by atoms with E-state index < -0.39 is 0 Å². The topological polar surface area (TPSA) is 31.2 Å². The van der Waals surface area contributed by atoms with Crippen LogP contribution in [0.25, 0.3) is 0 Å². The van der Waals surface area contributed by atoms with Crippen LogP contribution >= 0.6 is 22.6 Å². The number of ether oxygens (including phenoxy) is 1. The number of esters is 1. The number of hydrogen-bond acceptors (Lipinski definition) is 2. The average Bonchev–Trinajstić information content (AvgIpc) is 2.45. The van der Waals surface area contributed by atoms with Crippen LogP contribution in [0.15, 0.2) is 12.3 Å². The largest absolute Gasteiger partial charge is 0.464 e. The first-order valence-corrected chi connectivity index (χ1v) is 4.71. The summed E-state index contributed by atoms with van der Waals surface area (Å²) in [4.78, 5) is 11.2. The third-order valence-electron chi connectivity index (χ3n) is 1.60. The van der Waals surface area contributed by atoms with Crippen molar-refractivity contribution >= 4 is 28.6 Å². The van der Waals surface area contributed by atoms with Gasteiger partial charge in [0, 0.05) is 16.3 Å². The fourth-order valence-corrected chi connectivity index (χ4v) is 1.64. The molecule has 0 aliphatic carbocycles. The molecule has 0 aliphatic rings.